The quantitative estimate of drug-likeness (QED) is 0.818. The van der Waals surface area contributed by atoms with Gasteiger partial charge < -0.3 is 10.2 Å². The highest BCUT2D eigenvalue weighted by molar-refractivity contribution is 6.31. The Kier molecular flexibility index (Phi) is 4.00. The molecule has 20 heavy (non-hydrogen) atoms. The van der Waals surface area contributed by atoms with E-state index in [-0.39, 0.29) is 11.3 Å². The summed E-state index contributed by atoms with van der Waals surface area (Å²) < 4.78 is 0. The van der Waals surface area contributed by atoms with Gasteiger partial charge in [0.2, 0.25) is 0 Å². The molecule has 0 aliphatic rings. The molecule has 0 fully saturated rings. The molecule has 2 aromatic carbocycles. The number of aromatic carboxylic acids is 1. The van der Waals surface area contributed by atoms with Crippen molar-refractivity contribution in [2.75, 3.05) is 0 Å². The zero-order valence-electron chi connectivity index (χ0n) is 10.5. The van der Waals surface area contributed by atoms with E-state index in [0.717, 1.165) is 5.56 Å². The minimum Gasteiger partial charge on any atom is -0.507 e. The molecule has 0 unspecified atom stereocenters. The van der Waals surface area contributed by atoms with Gasteiger partial charge in [-0.05, 0) is 42.8 Å². The third-order valence-electron chi connectivity index (χ3n) is 2.72. The Morgan fingerprint density at radius 1 is 1.20 bits per heavy atom. The van der Waals surface area contributed by atoms with Crippen molar-refractivity contribution >= 4 is 28.9 Å². The minimum atomic E-state index is -1.22. The van der Waals surface area contributed by atoms with E-state index in [1.807, 2.05) is 6.92 Å². The Balaban J connectivity index is 2.34. The van der Waals surface area contributed by atoms with Crippen LogP contribution in [-0.2, 0) is 0 Å². The third-order valence-corrected chi connectivity index (χ3v) is 3.13. The van der Waals surface area contributed by atoms with Crippen LogP contribution in [0.4, 0.5) is 11.4 Å². The van der Waals surface area contributed by atoms with Crippen LogP contribution >= 0.6 is 11.6 Å². The predicted octanol–water partition coefficient (Wildman–Crippen LogP) is 4.47. The molecular formula is C14H11ClN2O3. The maximum atomic E-state index is 10.9. The Morgan fingerprint density at radius 3 is 2.65 bits per heavy atom. The smallest absolute Gasteiger partial charge is 0.339 e. The van der Waals surface area contributed by atoms with Gasteiger partial charge >= 0.3 is 5.97 Å². The highest BCUT2D eigenvalue weighted by Crippen LogP contribution is 2.28. The average Bonchev–Trinajstić information content (AvgIpc) is 2.41. The number of phenols is 1. The van der Waals surface area contributed by atoms with Gasteiger partial charge in [-0.3, -0.25) is 0 Å². The monoisotopic (exact) mass is 290 g/mol. The number of benzene rings is 2. The standard InChI is InChI=1S/C14H11ClN2O3/c1-8-11(15)3-2-4-12(8)17-16-9-5-6-13(18)10(7-9)14(19)20/h2-7,18H,1H3,(H,19,20). The topological polar surface area (TPSA) is 82.2 Å². The number of aromatic hydroxyl groups is 1. The van der Waals surface area contributed by atoms with Crippen LogP contribution in [0.5, 0.6) is 5.75 Å². The summed E-state index contributed by atoms with van der Waals surface area (Å²) in [5, 5.41) is 26.9. The van der Waals surface area contributed by atoms with E-state index >= 15 is 0 Å². The summed E-state index contributed by atoms with van der Waals surface area (Å²) in [6.07, 6.45) is 0. The number of azo groups is 1. The summed E-state index contributed by atoms with van der Waals surface area (Å²) in [6, 6.07) is 9.25. The SMILES string of the molecule is Cc1c(Cl)cccc1N=Nc1ccc(O)c(C(=O)O)c1. The van der Waals surface area contributed by atoms with Crippen LogP contribution in [0.25, 0.3) is 0 Å². The number of nitrogens with zero attached hydrogens (tertiary/aromatic N) is 2. The van der Waals surface area contributed by atoms with Gasteiger partial charge in [-0.15, -0.1) is 0 Å². The first-order chi connectivity index (χ1) is 9.49. The number of carbonyl (C=O) groups is 1. The second-order valence-electron chi connectivity index (χ2n) is 4.09. The first kappa shape index (κ1) is 14.0. The number of hydrogen-bond donors (Lipinski definition) is 2. The summed E-state index contributed by atoms with van der Waals surface area (Å²) in [5.41, 5.74) is 1.50. The van der Waals surface area contributed by atoms with Crippen molar-refractivity contribution in [1.29, 1.82) is 0 Å². The van der Waals surface area contributed by atoms with E-state index in [1.54, 1.807) is 18.2 Å². The van der Waals surface area contributed by atoms with Crippen LogP contribution < -0.4 is 0 Å². The molecule has 2 N–H and O–H groups in total. The summed E-state index contributed by atoms with van der Waals surface area (Å²) >= 11 is 5.97. The van der Waals surface area contributed by atoms with Crippen molar-refractivity contribution in [2.24, 2.45) is 10.2 Å². The molecule has 0 amide bonds. The molecule has 0 aliphatic heterocycles. The van der Waals surface area contributed by atoms with Gasteiger partial charge in [-0.2, -0.15) is 10.2 Å². The molecule has 0 heterocycles. The van der Waals surface area contributed by atoms with Gasteiger partial charge in [-0.25, -0.2) is 4.79 Å². The van der Waals surface area contributed by atoms with Gasteiger partial charge in [0.1, 0.15) is 11.3 Å². The van der Waals surface area contributed by atoms with Gasteiger partial charge in [0, 0.05) is 5.02 Å². The summed E-state index contributed by atoms with van der Waals surface area (Å²) in [6.45, 7) is 1.82. The van der Waals surface area contributed by atoms with Gasteiger partial charge in [0.15, 0.2) is 0 Å². The zero-order valence-corrected chi connectivity index (χ0v) is 11.3. The van der Waals surface area contributed by atoms with Crippen molar-refractivity contribution in [2.45, 2.75) is 6.92 Å². The van der Waals surface area contributed by atoms with Crippen molar-refractivity contribution in [3.63, 3.8) is 0 Å². The van der Waals surface area contributed by atoms with Crippen molar-refractivity contribution in [1.82, 2.24) is 0 Å². The fourth-order valence-electron chi connectivity index (χ4n) is 1.57. The molecule has 2 aromatic rings. The molecule has 2 rings (SSSR count). The summed E-state index contributed by atoms with van der Waals surface area (Å²) in [7, 11) is 0. The average molecular weight is 291 g/mol. The molecule has 0 saturated heterocycles. The maximum absolute atomic E-state index is 10.9. The molecule has 0 atom stereocenters. The van der Waals surface area contributed by atoms with E-state index in [0.29, 0.717) is 16.4 Å². The number of carboxylic acid groups (broad SMARTS) is 1. The van der Waals surface area contributed by atoms with Crippen molar-refractivity contribution in [3.05, 3.63) is 52.5 Å². The summed E-state index contributed by atoms with van der Waals surface area (Å²) in [5.74, 6) is -1.53. The highest BCUT2D eigenvalue weighted by atomic mass is 35.5. The fourth-order valence-corrected chi connectivity index (χ4v) is 1.74. The lowest BCUT2D eigenvalue weighted by Crippen LogP contribution is -1.95. The maximum Gasteiger partial charge on any atom is 0.339 e. The second kappa shape index (κ2) is 5.71. The highest BCUT2D eigenvalue weighted by Gasteiger charge is 2.10. The normalized spacial score (nSPS) is 10.9. The number of hydrogen-bond acceptors (Lipinski definition) is 4. The Hall–Kier alpha value is -2.40. The predicted molar refractivity (Wildman–Crippen MR) is 75.4 cm³/mol. The molecular weight excluding hydrogens is 280 g/mol. The summed E-state index contributed by atoms with van der Waals surface area (Å²) in [4.78, 5) is 10.9. The van der Waals surface area contributed by atoms with Crippen LogP contribution in [0.1, 0.15) is 15.9 Å². The molecule has 0 saturated carbocycles. The van der Waals surface area contributed by atoms with Crippen LogP contribution in [0, 0.1) is 6.92 Å². The van der Waals surface area contributed by atoms with E-state index in [4.69, 9.17) is 16.7 Å². The molecule has 0 bridgehead atoms. The molecule has 0 aliphatic carbocycles. The van der Waals surface area contributed by atoms with Gasteiger partial charge in [-0.1, -0.05) is 17.7 Å². The lowest BCUT2D eigenvalue weighted by atomic mass is 10.2. The lowest BCUT2D eigenvalue weighted by Gasteiger charge is -2.02. The van der Waals surface area contributed by atoms with Gasteiger partial charge in [0.25, 0.3) is 0 Å². The van der Waals surface area contributed by atoms with Crippen molar-refractivity contribution < 1.29 is 15.0 Å². The van der Waals surface area contributed by atoms with Crippen molar-refractivity contribution in [3.8, 4) is 5.75 Å². The second-order valence-corrected chi connectivity index (χ2v) is 4.50. The molecule has 6 heteroatoms. The largest absolute Gasteiger partial charge is 0.507 e. The molecule has 102 valence electrons. The Labute approximate surface area is 120 Å². The van der Waals surface area contributed by atoms with Crippen LogP contribution in [0.2, 0.25) is 5.02 Å². The first-order valence-corrected chi connectivity index (χ1v) is 6.10. The lowest BCUT2D eigenvalue weighted by molar-refractivity contribution is 0.0694. The number of halogens is 1. The van der Waals surface area contributed by atoms with Crippen LogP contribution in [-0.4, -0.2) is 16.2 Å². The zero-order chi connectivity index (χ0) is 14.7. The first-order valence-electron chi connectivity index (χ1n) is 5.72. The molecule has 0 aromatic heterocycles. The molecule has 0 radical (unpaired) electrons. The van der Waals surface area contributed by atoms with E-state index in [9.17, 15) is 9.90 Å². The van der Waals surface area contributed by atoms with E-state index < -0.39 is 5.97 Å². The number of rotatable bonds is 3. The van der Waals surface area contributed by atoms with Gasteiger partial charge in [0.05, 0.1) is 11.4 Å². The Bertz CT molecular complexity index is 699. The fraction of sp³-hybridized carbons (Fsp3) is 0.0714. The molecule has 5 nitrogen and oxygen atoms in total. The van der Waals surface area contributed by atoms with Crippen LogP contribution in [0.3, 0.4) is 0 Å². The molecule has 0 spiro atoms. The van der Waals surface area contributed by atoms with E-state index in [1.165, 1.54) is 18.2 Å². The van der Waals surface area contributed by atoms with Crippen LogP contribution in [0.15, 0.2) is 46.6 Å². The van der Waals surface area contributed by atoms with E-state index in [2.05, 4.69) is 10.2 Å². The Morgan fingerprint density at radius 2 is 1.95 bits per heavy atom. The number of carboxylic acids is 1. The third kappa shape index (κ3) is 2.95. The minimum absolute atomic E-state index is 0.218.